The molecule has 6 heteroatoms. The quantitative estimate of drug-likeness (QED) is 0.748. The number of amides is 2. The molecule has 2 aromatic rings. The monoisotopic (exact) mass is 352 g/mol. The fourth-order valence-electron chi connectivity index (χ4n) is 2.77. The fourth-order valence-corrected chi connectivity index (χ4v) is 2.77. The Balaban J connectivity index is 1.92. The third-order valence-electron chi connectivity index (χ3n) is 3.99. The SMILES string of the molecule is CCOc1ccc(-c2ccccc2)cc1NC1=CC(=O)N(CCO)C1=O. The number of imide groups is 1. The molecule has 0 bridgehead atoms. The Bertz CT molecular complexity index is 846. The van der Waals surface area contributed by atoms with E-state index in [1.54, 1.807) is 0 Å². The van der Waals surface area contributed by atoms with Gasteiger partial charge >= 0.3 is 0 Å². The van der Waals surface area contributed by atoms with Crippen LogP contribution in [0.4, 0.5) is 5.69 Å². The summed E-state index contributed by atoms with van der Waals surface area (Å²) in [5, 5.41) is 12.0. The molecule has 0 fully saturated rings. The van der Waals surface area contributed by atoms with Gasteiger partial charge in [-0.2, -0.15) is 0 Å². The van der Waals surface area contributed by atoms with E-state index in [9.17, 15) is 9.59 Å². The summed E-state index contributed by atoms with van der Waals surface area (Å²) in [7, 11) is 0. The smallest absolute Gasteiger partial charge is 0.277 e. The molecule has 0 aliphatic carbocycles. The predicted octanol–water partition coefficient (Wildman–Crippen LogP) is 2.41. The van der Waals surface area contributed by atoms with E-state index in [0.29, 0.717) is 18.0 Å². The molecule has 1 heterocycles. The van der Waals surface area contributed by atoms with E-state index in [2.05, 4.69) is 5.32 Å². The van der Waals surface area contributed by atoms with E-state index in [0.717, 1.165) is 16.0 Å². The van der Waals surface area contributed by atoms with E-state index >= 15 is 0 Å². The number of anilines is 1. The van der Waals surface area contributed by atoms with Gasteiger partial charge in [0.2, 0.25) is 0 Å². The first-order chi connectivity index (χ1) is 12.6. The molecule has 2 aromatic carbocycles. The van der Waals surface area contributed by atoms with Crippen LogP contribution in [0.1, 0.15) is 6.92 Å². The van der Waals surface area contributed by atoms with Gasteiger partial charge in [0, 0.05) is 6.08 Å². The largest absolute Gasteiger partial charge is 0.492 e. The second-order valence-corrected chi connectivity index (χ2v) is 5.71. The van der Waals surface area contributed by atoms with Crippen LogP contribution in [0, 0.1) is 0 Å². The highest BCUT2D eigenvalue weighted by Crippen LogP contribution is 2.32. The molecular formula is C20H20N2O4. The van der Waals surface area contributed by atoms with E-state index < -0.39 is 11.8 Å². The number of rotatable bonds is 7. The molecule has 0 saturated heterocycles. The van der Waals surface area contributed by atoms with Crippen molar-refractivity contribution in [3.63, 3.8) is 0 Å². The Labute approximate surface area is 151 Å². The summed E-state index contributed by atoms with van der Waals surface area (Å²) in [6.45, 7) is 2.05. The number of aliphatic hydroxyl groups excluding tert-OH is 1. The molecule has 0 unspecified atom stereocenters. The number of carbonyl (C=O) groups excluding carboxylic acids is 2. The highest BCUT2D eigenvalue weighted by molar-refractivity contribution is 6.17. The standard InChI is InChI=1S/C20H20N2O4/c1-2-26-18-9-8-15(14-6-4-3-5-7-14)12-16(18)21-17-13-19(24)22(10-11-23)20(17)25/h3-9,12-13,21,23H,2,10-11H2,1H3. The van der Waals surface area contributed by atoms with Gasteiger partial charge < -0.3 is 15.2 Å². The average Bonchev–Trinajstić information content (AvgIpc) is 2.92. The van der Waals surface area contributed by atoms with Crippen molar-refractivity contribution in [2.24, 2.45) is 0 Å². The van der Waals surface area contributed by atoms with Crippen molar-refractivity contribution in [1.82, 2.24) is 4.90 Å². The van der Waals surface area contributed by atoms with Crippen molar-refractivity contribution in [1.29, 1.82) is 0 Å². The lowest BCUT2D eigenvalue weighted by Gasteiger charge is -2.16. The van der Waals surface area contributed by atoms with Crippen molar-refractivity contribution in [2.75, 3.05) is 25.1 Å². The van der Waals surface area contributed by atoms with Gasteiger partial charge in [-0.15, -0.1) is 0 Å². The van der Waals surface area contributed by atoms with Crippen LogP contribution in [0.2, 0.25) is 0 Å². The van der Waals surface area contributed by atoms with E-state index in [1.165, 1.54) is 6.08 Å². The number of β-amino-alcohol motifs (C(OH)–C–C–N with tert-alkyl or cyclic N) is 1. The third kappa shape index (κ3) is 3.60. The van der Waals surface area contributed by atoms with Crippen LogP contribution in [0.15, 0.2) is 60.3 Å². The molecule has 0 radical (unpaired) electrons. The normalized spacial score (nSPS) is 13.8. The number of carbonyl (C=O) groups is 2. The maximum absolute atomic E-state index is 12.4. The molecule has 6 nitrogen and oxygen atoms in total. The van der Waals surface area contributed by atoms with Crippen LogP contribution in [-0.4, -0.2) is 41.6 Å². The summed E-state index contributed by atoms with van der Waals surface area (Å²) in [4.78, 5) is 25.3. The van der Waals surface area contributed by atoms with Gasteiger partial charge in [0.1, 0.15) is 11.4 Å². The van der Waals surface area contributed by atoms with Crippen molar-refractivity contribution in [3.8, 4) is 16.9 Å². The Kier molecular flexibility index (Phi) is 5.34. The summed E-state index contributed by atoms with van der Waals surface area (Å²) in [5.41, 5.74) is 2.76. The second kappa shape index (κ2) is 7.84. The maximum atomic E-state index is 12.4. The lowest BCUT2D eigenvalue weighted by molar-refractivity contribution is -0.137. The van der Waals surface area contributed by atoms with Gasteiger partial charge in [-0.1, -0.05) is 36.4 Å². The molecular weight excluding hydrogens is 332 g/mol. The minimum atomic E-state index is -0.461. The number of ether oxygens (including phenoxy) is 1. The Morgan fingerprint density at radius 3 is 2.54 bits per heavy atom. The topological polar surface area (TPSA) is 78.9 Å². The highest BCUT2D eigenvalue weighted by Gasteiger charge is 2.31. The van der Waals surface area contributed by atoms with Gasteiger partial charge in [-0.05, 0) is 30.2 Å². The molecule has 3 rings (SSSR count). The molecule has 0 spiro atoms. The lowest BCUT2D eigenvalue weighted by atomic mass is 10.0. The molecule has 2 N–H and O–H groups in total. The van der Waals surface area contributed by atoms with Crippen LogP contribution in [0.5, 0.6) is 5.75 Å². The first kappa shape index (κ1) is 17.7. The summed E-state index contributed by atoms with van der Waals surface area (Å²) >= 11 is 0. The number of aliphatic hydroxyl groups is 1. The van der Waals surface area contributed by atoms with Crippen molar-refractivity contribution in [3.05, 3.63) is 60.3 Å². The number of benzene rings is 2. The van der Waals surface area contributed by atoms with Crippen LogP contribution in [-0.2, 0) is 9.59 Å². The van der Waals surface area contributed by atoms with Gasteiger partial charge in [0.05, 0.1) is 25.4 Å². The minimum Gasteiger partial charge on any atom is -0.492 e. The molecule has 0 saturated carbocycles. The second-order valence-electron chi connectivity index (χ2n) is 5.71. The maximum Gasteiger partial charge on any atom is 0.277 e. The number of nitrogens with one attached hydrogen (secondary N) is 1. The van der Waals surface area contributed by atoms with Gasteiger partial charge in [-0.25, -0.2) is 0 Å². The summed E-state index contributed by atoms with van der Waals surface area (Å²) in [6, 6.07) is 15.5. The van der Waals surface area contributed by atoms with E-state index in [1.807, 2.05) is 55.5 Å². The fraction of sp³-hybridized carbons (Fsp3) is 0.200. The Morgan fingerprint density at radius 1 is 1.08 bits per heavy atom. The van der Waals surface area contributed by atoms with Crippen LogP contribution in [0.25, 0.3) is 11.1 Å². The summed E-state index contributed by atoms with van der Waals surface area (Å²) in [5.74, 6) is -0.311. The molecule has 2 amide bonds. The van der Waals surface area contributed by atoms with Crippen molar-refractivity contribution in [2.45, 2.75) is 6.92 Å². The van der Waals surface area contributed by atoms with Gasteiger partial charge in [0.15, 0.2) is 0 Å². The average molecular weight is 352 g/mol. The van der Waals surface area contributed by atoms with Crippen LogP contribution < -0.4 is 10.1 Å². The minimum absolute atomic E-state index is 0.0261. The lowest BCUT2D eigenvalue weighted by Crippen LogP contribution is -2.34. The summed E-state index contributed by atoms with van der Waals surface area (Å²) in [6.07, 6.45) is 1.24. The Morgan fingerprint density at radius 2 is 1.85 bits per heavy atom. The third-order valence-corrected chi connectivity index (χ3v) is 3.99. The molecule has 26 heavy (non-hydrogen) atoms. The van der Waals surface area contributed by atoms with E-state index in [4.69, 9.17) is 9.84 Å². The zero-order chi connectivity index (χ0) is 18.5. The molecule has 1 aliphatic rings. The molecule has 0 atom stereocenters. The number of nitrogens with zero attached hydrogens (tertiary/aromatic N) is 1. The number of hydrogen-bond donors (Lipinski definition) is 2. The van der Waals surface area contributed by atoms with Crippen molar-refractivity contribution >= 4 is 17.5 Å². The predicted molar refractivity (Wildman–Crippen MR) is 98.6 cm³/mol. The van der Waals surface area contributed by atoms with Crippen LogP contribution >= 0.6 is 0 Å². The zero-order valence-electron chi connectivity index (χ0n) is 14.4. The molecule has 134 valence electrons. The van der Waals surface area contributed by atoms with Gasteiger partial charge in [0.25, 0.3) is 11.8 Å². The Hall–Kier alpha value is -3.12. The first-order valence-electron chi connectivity index (χ1n) is 8.41. The van der Waals surface area contributed by atoms with Crippen LogP contribution in [0.3, 0.4) is 0 Å². The molecule has 0 aromatic heterocycles. The number of hydrogen-bond acceptors (Lipinski definition) is 5. The summed E-state index contributed by atoms with van der Waals surface area (Å²) < 4.78 is 5.64. The van der Waals surface area contributed by atoms with Gasteiger partial charge in [-0.3, -0.25) is 14.5 Å². The van der Waals surface area contributed by atoms with Crippen molar-refractivity contribution < 1.29 is 19.4 Å². The first-order valence-corrected chi connectivity index (χ1v) is 8.41. The van der Waals surface area contributed by atoms with E-state index in [-0.39, 0.29) is 18.8 Å². The zero-order valence-corrected chi connectivity index (χ0v) is 14.4. The highest BCUT2D eigenvalue weighted by atomic mass is 16.5. The molecule has 1 aliphatic heterocycles.